The lowest BCUT2D eigenvalue weighted by atomic mass is 10.0. The number of hydrogen-bond donors (Lipinski definition) is 3. The van der Waals surface area contributed by atoms with E-state index in [9.17, 15) is 24.3 Å². The van der Waals surface area contributed by atoms with Crippen molar-refractivity contribution in [1.82, 2.24) is 15.2 Å². The van der Waals surface area contributed by atoms with Gasteiger partial charge in [-0.3, -0.25) is 19.3 Å². The first-order valence-electron chi connectivity index (χ1n) is 10.3. The lowest BCUT2D eigenvalue weighted by molar-refractivity contribution is -0.696. The van der Waals surface area contributed by atoms with E-state index < -0.39 is 35.0 Å². The topological polar surface area (TPSA) is 177 Å². The lowest BCUT2D eigenvalue weighted by Gasteiger charge is -2.49. The maximum Gasteiger partial charge on any atom is 0.352 e. The molecule has 0 saturated carbocycles. The van der Waals surface area contributed by atoms with Gasteiger partial charge in [0.05, 0.1) is 0 Å². The number of fused-ring (bicyclic) bond motifs is 2. The molecule has 0 spiro atoms. The summed E-state index contributed by atoms with van der Waals surface area (Å²) in [7, 11) is 0. The van der Waals surface area contributed by atoms with E-state index in [1.54, 1.807) is 0 Å². The van der Waals surface area contributed by atoms with Gasteiger partial charge in [0.1, 0.15) is 22.8 Å². The SMILES string of the molecule is Nc1nc(C(=O)C(=O)N[C@@H]2C(=O)N3C(C(=O)O)=C(C[n+]4cccc5c4CCC5)CS[C@H]23)cs1.[OH-]. The fraction of sp³-hybridized carbons (Fsp3) is 0.333. The van der Waals surface area contributed by atoms with Gasteiger partial charge in [-0.15, -0.1) is 23.1 Å². The number of aromatic nitrogens is 2. The van der Waals surface area contributed by atoms with E-state index in [0.29, 0.717) is 17.9 Å². The number of anilines is 1. The molecule has 3 aliphatic rings. The Bertz CT molecular complexity index is 1240. The first kappa shape index (κ1) is 23.9. The highest BCUT2D eigenvalue weighted by Gasteiger charge is 2.55. The number of thioether (sulfide) groups is 1. The van der Waals surface area contributed by atoms with Crippen molar-refractivity contribution in [2.45, 2.75) is 37.2 Å². The number of aryl methyl sites for hydroxylation is 1. The first-order valence-corrected chi connectivity index (χ1v) is 12.2. The van der Waals surface area contributed by atoms with Crippen LogP contribution >= 0.6 is 23.1 Å². The summed E-state index contributed by atoms with van der Waals surface area (Å²) in [6.07, 6.45) is 4.96. The second-order valence-electron chi connectivity index (χ2n) is 7.98. The van der Waals surface area contributed by atoms with Crippen molar-refractivity contribution in [2.75, 3.05) is 11.5 Å². The van der Waals surface area contributed by atoms with Crippen molar-refractivity contribution in [3.8, 4) is 0 Å². The number of pyridine rings is 1. The zero-order valence-corrected chi connectivity index (χ0v) is 19.4. The minimum atomic E-state index is -1.18. The zero-order valence-electron chi connectivity index (χ0n) is 17.8. The molecule has 178 valence electrons. The van der Waals surface area contributed by atoms with E-state index >= 15 is 0 Å². The van der Waals surface area contributed by atoms with Gasteiger partial charge in [-0.25, -0.2) is 9.78 Å². The number of hydrogen-bond acceptors (Lipinski definition) is 9. The number of carbonyl (C=O) groups excluding carboxylic acids is 3. The largest absolute Gasteiger partial charge is 0.870 e. The zero-order chi connectivity index (χ0) is 23.3. The van der Waals surface area contributed by atoms with Gasteiger partial charge in [-0.1, -0.05) is 0 Å². The molecule has 4 heterocycles. The van der Waals surface area contributed by atoms with Crippen LogP contribution in [0, 0.1) is 0 Å². The quantitative estimate of drug-likeness (QED) is 0.211. The van der Waals surface area contributed by atoms with Crippen LogP contribution in [0.25, 0.3) is 0 Å². The first-order chi connectivity index (χ1) is 15.8. The molecule has 11 nitrogen and oxygen atoms in total. The smallest absolute Gasteiger partial charge is 0.352 e. The highest BCUT2D eigenvalue weighted by molar-refractivity contribution is 8.00. The molecule has 34 heavy (non-hydrogen) atoms. The van der Waals surface area contributed by atoms with Crippen LogP contribution in [0.15, 0.2) is 35.0 Å². The fourth-order valence-electron chi connectivity index (χ4n) is 4.49. The van der Waals surface area contributed by atoms with Crippen molar-refractivity contribution in [3.05, 3.63) is 51.9 Å². The number of ketones is 1. The third kappa shape index (κ3) is 3.95. The fourth-order valence-corrected chi connectivity index (χ4v) is 6.36. The number of nitrogens with two attached hydrogens (primary N) is 1. The molecule has 2 aliphatic heterocycles. The second-order valence-corrected chi connectivity index (χ2v) is 9.97. The number of aliphatic carboxylic acids is 1. The molecule has 2 aromatic heterocycles. The van der Waals surface area contributed by atoms with E-state index in [0.717, 1.165) is 30.6 Å². The molecule has 2 atom stereocenters. The van der Waals surface area contributed by atoms with Gasteiger partial charge < -0.3 is 21.6 Å². The predicted molar refractivity (Wildman–Crippen MR) is 121 cm³/mol. The predicted octanol–water partition coefficient (Wildman–Crippen LogP) is -0.0538. The standard InChI is InChI=1S/C21H19N5O5S2.H2O/c22-21-23-12(9-33-21)16(27)17(28)24-14-18(29)26-15(20(30)31)11(8-32-19(14)26)7-25-6-2-4-10-3-1-5-13(10)25;/h2,4,6,9,14,19H,1,3,5,7-8H2,(H3-,22,23,24,28,30,31);1H2/t14-,19-;/m1./s1. The van der Waals surface area contributed by atoms with Crippen molar-refractivity contribution < 1.29 is 34.3 Å². The normalized spacial score (nSPS) is 20.7. The number of Topliss-reactive ketones (excluding diaryl/α,β-unsaturated/α-hetero) is 1. The monoisotopic (exact) mass is 503 g/mol. The Balaban J connectivity index is 0.00000274. The Labute approximate surface area is 202 Å². The Morgan fingerprint density at radius 1 is 1.32 bits per heavy atom. The molecule has 0 aromatic carbocycles. The van der Waals surface area contributed by atoms with Gasteiger partial charge in [0.2, 0.25) is 0 Å². The number of nitrogen functional groups attached to an aromatic ring is 1. The van der Waals surface area contributed by atoms with Crippen LogP contribution in [0.3, 0.4) is 0 Å². The Hall–Kier alpha value is -3.29. The van der Waals surface area contributed by atoms with Crippen molar-refractivity contribution in [2.24, 2.45) is 0 Å². The van der Waals surface area contributed by atoms with Crippen molar-refractivity contribution in [3.63, 3.8) is 0 Å². The lowest BCUT2D eigenvalue weighted by Crippen LogP contribution is -2.71. The van der Waals surface area contributed by atoms with Crippen molar-refractivity contribution >= 4 is 51.8 Å². The Morgan fingerprint density at radius 2 is 2.12 bits per heavy atom. The molecule has 1 fully saturated rings. The summed E-state index contributed by atoms with van der Waals surface area (Å²) in [5.41, 5.74) is 8.48. The summed E-state index contributed by atoms with van der Waals surface area (Å²) >= 11 is 2.40. The summed E-state index contributed by atoms with van der Waals surface area (Å²) in [6, 6.07) is 3.06. The van der Waals surface area contributed by atoms with Crippen LogP contribution in [0.1, 0.15) is 28.2 Å². The van der Waals surface area contributed by atoms with Crippen molar-refractivity contribution in [1.29, 1.82) is 0 Å². The van der Waals surface area contributed by atoms with Crippen LogP contribution in [0.5, 0.6) is 0 Å². The van der Waals surface area contributed by atoms with Crippen LogP contribution < -0.4 is 15.6 Å². The number of carbonyl (C=O) groups is 4. The van der Waals surface area contributed by atoms with E-state index in [1.807, 2.05) is 12.3 Å². The number of thiazole rings is 1. The summed E-state index contributed by atoms with van der Waals surface area (Å²) in [5.74, 6) is -3.20. The van der Waals surface area contributed by atoms with Crippen LogP contribution in [0.4, 0.5) is 5.13 Å². The molecule has 1 saturated heterocycles. The molecule has 2 aromatic rings. The minimum Gasteiger partial charge on any atom is -0.870 e. The summed E-state index contributed by atoms with van der Waals surface area (Å²) in [4.78, 5) is 54.6. The molecule has 13 heteroatoms. The van der Waals surface area contributed by atoms with Crippen LogP contribution in [0.2, 0.25) is 0 Å². The average molecular weight is 504 g/mol. The molecular formula is C21H21N5O6S2. The van der Waals surface area contributed by atoms with Crippen LogP contribution in [-0.2, 0) is 33.8 Å². The number of β-lactam (4-membered cyclic amide) rings is 1. The molecule has 0 bridgehead atoms. The molecule has 0 radical (unpaired) electrons. The van der Waals surface area contributed by atoms with E-state index in [2.05, 4.69) is 20.9 Å². The number of rotatable bonds is 6. The molecule has 0 unspecified atom stereocenters. The number of carboxylic acid groups (broad SMARTS) is 1. The second kappa shape index (κ2) is 9.16. The maximum atomic E-state index is 12.8. The third-order valence-electron chi connectivity index (χ3n) is 6.00. The summed E-state index contributed by atoms with van der Waals surface area (Å²) < 4.78 is 2.06. The number of amides is 2. The molecule has 1 aliphatic carbocycles. The number of nitrogens with one attached hydrogen (secondary N) is 1. The van der Waals surface area contributed by atoms with Gasteiger partial charge in [0.25, 0.3) is 17.6 Å². The minimum absolute atomic E-state index is 0. The van der Waals surface area contributed by atoms with Gasteiger partial charge in [-0.2, -0.15) is 4.57 Å². The van der Waals surface area contributed by atoms with E-state index in [4.69, 9.17) is 5.73 Å². The third-order valence-corrected chi connectivity index (χ3v) is 8.01. The Morgan fingerprint density at radius 3 is 2.82 bits per heavy atom. The number of carboxylic acids is 1. The summed E-state index contributed by atoms with van der Waals surface area (Å²) in [6.45, 7) is 0.384. The van der Waals surface area contributed by atoms with E-state index in [-0.39, 0.29) is 22.0 Å². The number of nitrogens with zero attached hydrogens (tertiary/aromatic N) is 3. The Kier molecular flexibility index (Phi) is 6.43. The molecule has 2 amide bonds. The maximum absolute atomic E-state index is 12.8. The molecule has 5 rings (SSSR count). The van der Waals surface area contributed by atoms with Gasteiger partial charge in [0.15, 0.2) is 23.6 Å². The molecule has 5 N–H and O–H groups in total. The highest BCUT2D eigenvalue weighted by atomic mass is 32.2. The van der Waals surface area contributed by atoms with Crippen LogP contribution in [-0.4, -0.2) is 61.2 Å². The van der Waals surface area contributed by atoms with E-state index in [1.165, 1.54) is 33.3 Å². The summed E-state index contributed by atoms with van der Waals surface area (Å²) in [5, 5.41) is 13.3. The van der Waals surface area contributed by atoms with Gasteiger partial charge in [0, 0.05) is 34.8 Å². The molecular weight excluding hydrogens is 482 g/mol. The highest BCUT2D eigenvalue weighted by Crippen LogP contribution is 2.40. The average Bonchev–Trinajstić information content (AvgIpc) is 3.45. The van der Waals surface area contributed by atoms with Gasteiger partial charge >= 0.3 is 5.97 Å². The van der Waals surface area contributed by atoms with Gasteiger partial charge in [-0.05, 0) is 18.9 Å².